The van der Waals surface area contributed by atoms with Gasteiger partial charge in [0.05, 0.1) is 11.6 Å². The molecule has 1 heterocycles. The number of nitrogens with one attached hydrogen (secondary N) is 1. The maximum Gasteiger partial charge on any atom is 0.416 e. The van der Waals surface area contributed by atoms with E-state index in [2.05, 4.69) is 24.2 Å². The minimum Gasteiger partial charge on any atom is -0.335 e. The second-order valence-corrected chi connectivity index (χ2v) is 6.75. The Kier molecular flexibility index (Phi) is 5.09. The quantitative estimate of drug-likeness (QED) is 0.793. The summed E-state index contributed by atoms with van der Waals surface area (Å²) >= 11 is 7.28. The molecule has 0 saturated heterocycles. The molecule has 21 heavy (non-hydrogen) atoms. The first-order valence-corrected chi connectivity index (χ1v) is 7.97. The predicted molar refractivity (Wildman–Crippen MR) is 83.2 cm³/mol. The van der Waals surface area contributed by atoms with Crippen molar-refractivity contribution in [2.75, 3.05) is 11.1 Å². The van der Waals surface area contributed by atoms with Crippen molar-refractivity contribution in [3.63, 3.8) is 0 Å². The van der Waals surface area contributed by atoms with Crippen LogP contribution in [0.25, 0.3) is 0 Å². The van der Waals surface area contributed by atoms with Crippen molar-refractivity contribution in [1.29, 1.82) is 0 Å². The Morgan fingerprint density at radius 2 is 2.05 bits per heavy atom. The third-order valence-corrected chi connectivity index (χ3v) is 4.32. The molecule has 0 saturated carbocycles. The zero-order chi connectivity index (χ0) is 15.6. The van der Waals surface area contributed by atoms with E-state index < -0.39 is 11.7 Å². The summed E-state index contributed by atoms with van der Waals surface area (Å²) in [6.07, 6.45) is -3.43. The van der Waals surface area contributed by atoms with Gasteiger partial charge in [-0.1, -0.05) is 37.2 Å². The Bertz CT molecular complexity index is 544. The zero-order valence-corrected chi connectivity index (χ0v) is 13.2. The SMILES string of the molecule is CC(C)C1CCSC(Nc2cc(Cl)cc(C(F)(F)F)c2)=N1. The van der Waals surface area contributed by atoms with Crippen molar-refractivity contribution in [3.8, 4) is 0 Å². The molecule has 0 fully saturated rings. The number of anilines is 1. The third kappa shape index (κ3) is 4.54. The van der Waals surface area contributed by atoms with E-state index in [9.17, 15) is 13.2 Å². The molecule has 116 valence electrons. The lowest BCUT2D eigenvalue weighted by Crippen LogP contribution is -2.24. The van der Waals surface area contributed by atoms with Crippen molar-refractivity contribution >= 4 is 34.2 Å². The van der Waals surface area contributed by atoms with E-state index in [0.717, 1.165) is 24.3 Å². The molecule has 1 aromatic carbocycles. The first-order valence-electron chi connectivity index (χ1n) is 6.61. The smallest absolute Gasteiger partial charge is 0.335 e. The van der Waals surface area contributed by atoms with Gasteiger partial charge in [-0.2, -0.15) is 13.2 Å². The van der Waals surface area contributed by atoms with E-state index in [4.69, 9.17) is 11.6 Å². The Morgan fingerprint density at radius 1 is 1.33 bits per heavy atom. The number of benzene rings is 1. The molecule has 1 atom stereocenters. The van der Waals surface area contributed by atoms with Crippen molar-refractivity contribution in [3.05, 3.63) is 28.8 Å². The van der Waals surface area contributed by atoms with E-state index >= 15 is 0 Å². The number of alkyl halides is 3. The maximum absolute atomic E-state index is 12.8. The fourth-order valence-electron chi connectivity index (χ4n) is 2.03. The maximum atomic E-state index is 12.8. The fraction of sp³-hybridized carbons (Fsp3) is 0.500. The average molecular weight is 337 g/mol. The van der Waals surface area contributed by atoms with Crippen LogP contribution in [0.4, 0.5) is 18.9 Å². The van der Waals surface area contributed by atoms with E-state index in [-0.39, 0.29) is 11.1 Å². The topological polar surface area (TPSA) is 24.4 Å². The Morgan fingerprint density at radius 3 is 2.67 bits per heavy atom. The molecule has 1 aliphatic heterocycles. The normalized spacial score (nSPS) is 19.6. The molecule has 7 heteroatoms. The van der Waals surface area contributed by atoms with Crippen molar-refractivity contribution in [2.24, 2.45) is 10.9 Å². The first kappa shape index (κ1) is 16.5. The molecular formula is C14H16ClF3N2S. The van der Waals surface area contributed by atoms with E-state index in [1.807, 2.05) is 0 Å². The van der Waals surface area contributed by atoms with Crippen LogP contribution in [0.15, 0.2) is 23.2 Å². The molecule has 2 nitrogen and oxygen atoms in total. The minimum absolute atomic E-state index is 0.0501. The van der Waals surface area contributed by atoms with Crippen LogP contribution in [-0.2, 0) is 6.18 Å². The summed E-state index contributed by atoms with van der Waals surface area (Å²) in [5.74, 6) is 1.31. The molecule has 1 aliphatic rings. The number of nitrogens with zero attached hydrogens (tertiary/aromatic N) is 1. The number of halogens is 4. The largest absolute Gasteiger partial charge is 0.416 e. The van der Waals surface area contributed by atoms with Gasteiger partial charge in [0.15, 0.2) is 5.17 Å². The monoisotopic (exact) mass is 336 g/mol. The van der Waals surface area contributed by atoms with Gasteiger partial charge in [0.25, 0.3) is 0 Å². The lowest BCUT2D eigenvalue weighted by Gasteiger charge is -2.23. The number of thioether (sulfide) groups is 1. The molecule has 1 N–H and O–H groups in total. The van der Waals surface area contributed by atoms with Gasteiger partial charge in [-0.05, 0) is 30.5 Å². The summed E-state index contributed by atoms with van der Waals surface area (Å²) in [5.41, 5.74) is -0.454. The van der Waals surface area contributed by atoms with Gasteiger partial charge in [0.2, 0.25) is 0 Å². The van der Waals surface area contributed by atoms with Crippen molar-refractivity contribution in [2.45, 2.75) is 32.5 Å². The predicted octanol–water partition coefficient (Wildman–Crippen LogP) is 5.29. The van der Waals surface area contributed by atoms with E-state index in [0.29, 0.717) is 16.8 Å². The number of rotatable bonds is 2. The molecule has 0 amide bonds. The molecule has 1 unspecified atom stereocenters. The van der Waals surface area contributed by atoms with Crippen LogP contribution in [-0.4, -0.2) is 17.0 Å². The first-order chi connectivity index (χ1) is 9.75. The number of hydrogen-bond acceptors (Lipinski definition) is 3. The van der Waals surface area contributed by atoms with E-state index in [1.165, 1.54) is 17.8 Å². The van der Waals surface area contributed by atoms with Gasteiger partial charge in [0, 0.05) is 16.5 Å². The Hall–Kier alpha value is -0.880. The van der Waals surface area contributed by atoms with Crippen LogP contribution >= 0.6 is 23.4 Å². The molecule has 0 bridgehead atoms. The summed E-state index contributed by atoms with van der Waals surface area (Å²) in [7, 11) is 0. The lowest BCUT2D eigenvalue weighted by molar-refractivity contribution is -0.137. The summed E-state index contributed by atoms with van der Waals surface area (Å²) in [6.45, 7) is 4.17. The number of amidine groups is 1. The van der Waals surface area contributed by atoms with Crippen LogP contribution in [0.2, 0.25) is 5.02 Å². The Balaban J connectivity index is 2.21. The number of hydrogen-bond donors (Lipinski definition) is 1. The van der Waals surface area contributed by atoms with Gasteiger partial charge in [-0.15, -0.1) is 0 Å². The molecule has 0 aliphatic carbocycles. The summed E-state index contributed by atoms with van der Waals surface area (Å²) in [6, 6.07) is 3.64. The second-order valence-electron chi connectivity index (χ2n) is 5.23. The highest BCUT2D eigenvalue weighted by Crippen LogP contribution is 2.34. The number of aliphatic imine (C=N–C) groups is 1. The van der Waals surface area contributed by atoms with Crippen LogP contribution in [0.5, 0.6) is 0 Å². The van der Waals surface area contributed by atoms with Gasteiger partial charge >= 0.3 is 6.18 Å². The summed E-state index contributed by atoms with van der Waals surface area (Å²) in [5, 5.41) is 3.65. The second kappa shape index (κ2) is 6.48. The molecule has 2 rings (SSSR count). The summed E-state index contributed by atoms with van der Waals surface area (Å²) < 4.78 is 38.3. The molecule has 1 aromatic rings. The molecule has 0 aromatic heterocycles. The highest BCUT2D eigenvalue weighted by molar-refractivity contribution is 8.14. The summed E-state index contributed by atoms with van der Waals surface area (Å²) in [4.78, 5) is 4.54. The average Bonchev–Trinajstić information content (AvgIpc) is 2.37. The van der Waals surface area contributed by atoms with Gasteiger partial charge < -0.3 is 5.32 Å². The van der Waals surface area contributed by atoms with Gasteiger partial charge in [-0.3, -0.25) is 4.99 Å². The lowest BCUT2D eigenvalue weighted by atomic mass is 10.0. The van der Waals surface area contributed by atoms with E-state index in [1.54, 1.807) is 0 Å². The van der Waals surface area contributed by atoms with Crippen LogP contribution in [0.1, 0.15) is 25.8 Å². The van der Waals surface area contributed by atoms with Crippen molar-refractivity contribution < 1.29 is 13.2 Å². The fourth-order valence-corrected chi connectivity index (χ4v) is 3.22. The molecular weight excluding hydrogens is 321 g/mol. The molecule has 0 radical (unpaired) electrons. The zero-order valence-electron chi connectivity index (χ0n) is 11.7. The standard InChI is InChI=1S/C14H16ClF3N2S/c1-8(2)12-3-4-21-13(20-12)19-11-6-9(14(16,17)18)5-10(15)7-11/h5-8,12H,3-4H2,1-2H3,(H,19,20). The highest BCUT2D eigenvalue weighted by atomic mass is 35.5. The minimum atomic E-state index is -4.41. The van der Waals surface area contributed by atoms with Crippen LogP contribution in [0.3, 0.4) is 0 Å². The molecule has 0 spiro atoms. The van der Waals surface area contributed by atoms with Crippen LogP contribution < -0.4 is 5.32 Å². The highest BCUT2D eigenvalue weighted by Gasteiger charge is 2.31. The van der Waals surface area contributed by atoms with Crippen LogP contribution in [0, 0.1) is 5.92 Å². The Labute approximate surface area is 131 Å². The van der Waals surface area contributed by atoms with Gasteiger partial charge in [0.1, 0.15) is 0 Å². The van der Waals surface area contributed by atoms with Gasteiger partial charge in [-0.25, -0.2) is 0 Å². The third-order valence-electron chi connectivity index (χ3n) is 3.18. The van der Waals surface area contributed by atoms with Crippen molar-refractivity contribution in [1.82, 2.24) is 0 Å².